The van der Waals surface area contributed by atoms with Crippen LogP contribution in [0.15, 0.2) is 48.5 Å². The van der Waals surface area contributed by atoms with E-state index in [2.05, 4.69) is 67.9 Å². The number of carbonyl (C=O) groups excluding carboxylic acids is 2. The fraction of sp³-hybridized carbons (Fsp3) is 0.533. The Morgan fingerprint density at radius 1 is 0.944 bits per heavy atom. The molecule has 6 heteroatoms. The lowest BCUT2D eigenvalue weighted by Crippen LogP contribution is -2.29. The average molecular weight is 514 g/mol. The molecule has 36 heavy (non-hydrogen) atoms. The molecule has 198 valence electrons. The molecule has 0 radical (unpaired) electrons. The molecule has 5 nitrogen and oxygen atoms in total. The smallest absolute Gasteiger partial charge is 0.211 e. The normalized spacial score (nSPS) is 19.7. The van der Waals surface area contributed by atoms with Gasteiger partial charge in [-0.25, -0.2) is 0 Å². The van der Waals surface area contributed by atoms with Crippen molar-refractivity contribution < 1.29 is 9.59 Å². The zero-order valence-corrected chi connectivity index (χ0v) is 23.1. The Morgan fingerprint density at radius 3 is 2.22 bits per heavy atom. The molecule has 0 spiro atoms. The predicted octanol–water partition coefficient (Wildman–Crippen LogP) is 6.57. The molecule has 1 saturated carbocycles. The minimum absolute atomic E-state index is 0.375. The van der Waals surface area contributed by atoms with Gasteiger partial charge in [0, 0.05) is 29.2 Å². The zero-order chi connectivity index (χ0) is 26.4. The highest BCUT2D eigenvalue weighted by atomic mass is 35.5. The van der Waals surface area contributed by atoms with Crippen molar-refractivity contribution in [1.82, 2.24) is 10.6 Å². The van der Waals surface area contributed by atoms with E-state index >= 15 is 0 Å². The summed E-state index contributed by atoms with van der Waals surface area (Å²) in [6.45, 7) is 10.7. The minimum atomic E-state index is 0.375. The minimum Gasteiger partial charge on any atom is -0.356 e. The average Bonchev–Trinajstić information content (AvgIpc) is 3.28. The van der Waals surface area contributed by atoms with Crippen LogP contribution in [0.4, 0.5) is 5.69 Å². The van der Waals surface area contributed by atoms with Gasteiger partial charge in [-0.1, -0.05) is 95.0 Å². The summed E-state index contributed by atoms with van der Waals surface area (Å²) in [5, 5.41) is 9.70. The van der Waals surface area contributed by atoms with E-state index < -0.39 is 0 Å². The fourth-order valence-corrected chi connectivity index (χ4v) is 4.81. The highest BCUT2D eigenvalue weighted by Crippen LogP contribution is 2.36. The third-order valence-electron chi connectivity index (χ3n) is 6.22. The first-order valence-corrected chi connectivity index (χ1v) is 13.5. The highest BCUT2D eigenvalue weighted by Gasteiger charge is 2.30. The summed E-state index contributed by atoms with van der Waals surface area (Å²) >= 11 is 6.05. The van der Waals surface area contributed by atoms with E-state index in [9.17, 15) is 9.59 Å². The van der Waals surface area contributed by atoms with Crippen molar-refractivity contribution in [1.29, 1.82) is 0 Å². The van der Waals surface area contributed by atoms with Crippen LogP contribution in [0.5, 0.6) is 0 Å². The van der Waals surface area contributed by atoms with Crippen LogP contribution in [0.2, 0.25) is 5.02 Å². The Balaban J connectivity index is 0.000000268. The molecule has 2 unspecified atom stereocenters. The van der Waals surface area contributed by atoms with Crippen LogP contribution in [0.1, 0.15) is 76.8 Å². The van der Waals surface area contributed by atoms with Crippen molar-refractivity contribution in [3.05, 3.63) is 64.7 Å². The van der Waals surface area contributed by atoms with Gasteiger partial charge in [0.25, 0.3) is 0 Å². The molecule has 2 amide bonds. The molecule has 2 fully saturated rings. The summed E-state index contributed by atoms with van der Waals surface area (Å²) in [5.74, 6) is 0.885. The Hall–Kier alpha value is -2.37. The summed E-state index contributed by atoms with van der Waals surface area (Å²) < 4.78 is 0. The molecule has 1 saturated heterocycles. The van der Waals surface area contributed by atoms with Crippen LogP contribution in [-0.2, 0) is 16.0 Å². The van der Waals surface area contributed by atoms with Crippen LogP contribution < -0.4 is 16.0 Å². The lowest BCUT2D eigenvalue weighted by Gasteiger charge is -2.21. The Bertz CT molecular complexity index is 902. The summed E-state index contributed by atoms with van der Waals surface area (Å²) in [4.78, 5) is 20.8. The summed E-state index contributed by atoms with van der Waals surface area (Å²) in [6, 6.07) is 16.8. The molecule has 1 aliphatic carbocycles. The van der Waals surface area contributed by atoms with Gasteiger partial charge < -0.3 is 16.0 Å². The van der Waals surface area contributed by atoms with Crippen LogP contribution in [-0.4, -0.2) is 32.0 Å². The third kappa shape index (κ3) is 11.6. The second kappa shape index (κ2) is 15.7. The van der Waals surface area contributed by atoms with Gasteiger partial charge in [-0.2, -0.15) is 0 Å². The molecule has 2 aliphatic rings. The van der Waals surface area contributed by atoms with Gasteiger partial charge in [0.1, 0.15) is 0 Å². The fourth-order valence-electron chi connectivity index (χ4n) is 4.63. The van der Waals surface area contributed by atoms with Crippen molar-refractivity contribution in [2.24, 2.45) is 11.3 Å². The second-order valence-electron chi connectivity index (χ2n) is 11.3. The molecule has 1 heterocycles. The number of rotatable bonds is 7. The molecule has 0 bridgehead atoms. The summed E-state index contributed by atoms with van der Waals surface area (Å²) in [5.41, 5.74) is 3.82. The van der Waals surface area contributed by atoms with Crippen molar-refractivity contribution in [2.45, 2.75) is 78.2 Å². The predicted molar refractivity (Wildman–Crippen MR) is 152 cm³/mol. The Morgan fingerprint density at radius 2 is 1.61 bits per heavy atom. The zero-order valence-electron chi connectivity index (χ0n) is 22.4. The van der Waals surface area contributed by atoms with Crippen LogP contribution in [0, 0.1) is 11.3 Å². The van der Waals surface area contributed by atoms with E-state index in [0.29, 0.717) is 34.7 Å². The number of amides is 2. The topological polar surface area (TPSA) is 70.2 Å². The molecular weight excluding hydrogens is 470 g/mol. The number of hydrogen-bond acceptors (Lipinski definition) is 3. The summed E-state index contributed by atoms with van der Waals surface area (Å²) in [6.07, 6.45) is 8.83. The maximum absolute atomic E-state index is 10.9. The lowest BCUT2D eigenvalue weighted by atomic mass is 9.84. The third-order valence-corrected chi connectivity index (χ3v) is 6.45. The maximum atomic E-state index is 10.9. The molecule has 2 atom stereocenters. The Labute approximate surface area is 222 Å². The van der Waals surface area contributed by atoms with E-state index in [1.165, 1.54) is 37.7 Å². The maximum Gasteiger partial charge on any atom is 0.211 e. The van der Waals surface area contributed by atoms with Crippen LogP contribution in [0.25, 0.3) is 0 Å². The van der Waals surface area contributed by atoms with Crippen molar-refractivity contribution >= 4 is 30.1 Å². The van der Waals surface area contributed by atoms with Gasteiger partial charge in [0.05, 0.1) is 0 Å². The highest BCUT2D eigenvalue weighted by molar-refractivity contribution is 6.30. The van der Waals surface area contributed by atoms with Gasteiger partial charge in [-0.3, -0.25) is 9.59 Å². The molecular formula is C30H44ClN3O2. The first-order chi connectivity index (χ1) is 17.2. The van der Waals surface area contributed by atoms with Crippen molar-refractivity contribution in [3.8, 4) is 0 Å². The summed E-state index contributed by atoms with van der Waals surface area (Å²) in [7, 11) is 0. The largest absolute Gasteiger partial charge is 0.356 e. The van der Waals surface area contributed by atoms with Gasteiger partial charge in [0.15, 0.2) is 0 Å². The van der Waals surface area contributed by atoms with E-state index in [0.717, 1.165) is 37.2 Å². The number of benzene rings is 2. The number of halogens is 1. The molecule has 0 aromatic heterocycles. The molecule has 1 aliphatic heterocycles. The van der Waals surface area contributed by atoms with Crippen molar-refractivity contribution in [3.63, 3.8) is 0 Å². The van der Waals surface area contributed by atoms with Gasteiger partial charge in [-0.15, -0.1) is 0 Å². The van der Waals surface area contributed by atoms with E-state index in [4.69, 9.17) is 11.6 Å². The molecule has 2 aromatic rings. The number of nitrogens with one attached hydrogen (secondary N) is 3. The van der Waals surface area contributed by atoms with Gasteiger partial charge in [0.2, 0.25) is 12.8 Å². The molecule has 3 N–H and O–H groups in total. The molecule has 2 aromatic carbocycles. The standard InChI is InChI=1S/C18H19ClN2O.C7H13NO.C5H12/c19-15-6-7-16(18(9-15)21-12-22)17-11-20-10-14(17)8-13-4-2-1-3-5-13;9-6-8-7-4-2-1-3-5-7;1-5(2,3)4/h1-7,9,12,14,17,20H,8,10-11H2,(H,21,22);6-7H,1-5H2,(H,8,9);1-4H3. The SMILES string of the molecule is CC(C)(C)C.O=CNC1CCCCC1.O=CNc1cc(Cl)ccc1C1CNCC1Cc1ccccc1. The Kier molecular flexibility index (Phi) is 13.0. The number of carbonyl (C=O) groups is 2. The first-order valence-electron chi connectivity index (χ1n) is 13.1. The van der Waals surface area contributed by atoms with Gasteiger partial charge >= 0.3 is 0 Å². The van der Waals surface area contributed by atoms with E-state index in [-0.39, 0.29) is 0 Å². The monoisotopic (exact) mass is 513 g/mol. The number of anilines is 1. The van der Waals surface area contributed by atoms with E-state index in [1.807, 2.05) is 24.3 Å². The number of hydrogen-bond donors (Lipinski definition) is 3. The quantitative estimate of drug-likeness (QED) is 0.366. The molecule has 4 rings (SSSR count). The second-order valence-corrected chi connectivity index (χ2v) is 11.8. The van der Waals surface area contributed by atoms with Crippen molar-refractivity contribution in [2.75, 3.05) is 18.4 Å². The van der Waals surface area contributed by atoms with Gasteiger partial charge in [-0.05, 0) is 60.4 Å². The first kappa shape index (κ1) is 29.9. The lowest BCUT2D eigenvalue weighted by molar-refractivity contribution is -0.110. The van der Waals surface area contributed by atoms with E-state index in [1.54, 1.807) is 0 Å². The van der Waals surface area contributed by atoms with Crippen LogP contribution >= 0.6 is 11.6 Å². The van der Waals surface area contributed by atoms with Crippen LogP contribution in [0.3, 0.4) is 0 Å².